The first-order chi connectivity index (χ1) is 9.13. The lowest BCUT2D eigenvalue weighted by Gasteiger charge is -2.08. The number of carbonyl (C=O) groups is 1. The lowest BCUT2D eigenvalue weighted by molar-refractivity contribution is 0.0932. The van der Waals surface area contributed by atoms with Crippen molar-refractivity contribution < 1.29 is 9.53 Å². The van der Waals surface area contributed by atoms with Crippen LogP contribution in [0.25, 0.3) is 0 Å². The number of carbonyl (C=O) groups excluding carboxylic acids is 1. The van der Waals surface area contributed by atoms with Crippen LogP contribution in [0.3, 0.4) is 0 Å². The summed E-state index contributed by atoms with van der Waals surface area (Å²) < 4.78 is 4.87. The Kier molecular flexibility index (Phi) is 6.81. The number of aromatic nitrogens is 2. The third-order valence-electron chi connectivity index (χ3n) is 2.48. The van der Waals surface area contributed by atoms with Crippen LogP contribution in [0.1, 0.15) is 30.8 Å². The molecule has 0 saturated heterocycles. The molecule has 0 bridgehead atoms. The van der Waals surface area contributed by atoms with Gasteiger partial charge in [-0.05, 0) is 18.4 Å². The van der Waals surface area contributed by atoms with E-state index >= 15 is 0 Å². The summed E-state index contributed by atoms with van der Waals surface area (Å²) in [7, 11) is 1.59. The van der Waals surface area contributed by atoms with E-state index in [-0.39, 0.29) is 5.91 Å². The minimum atomic E-state index is -0.216. The molecule has 0 radical (unpaired) electrons. The lowest BCUT2D eigenvalue weighted by atomic mass is 10.1. The molecule has 0 aliphatic carbocycles. The number of anilines is 1. The molecule has 1 heterocycles. The molecule has 0 spiro atoms. The van der Waals surface area contributed by atoms with Crippen molar-refractivity contribution in [1.29, 1.82) is 0 Å². The topological polar surface area (TPSA) is 76.1 Å². The molecule has 1 amide bonds. The number of rotatable bonds is 8. The molecule has 0 unspecified atom stereocenters. The molecule has 1 aromatic heterocycles. The first kappa shape index (κ1) is 15.4. The first-order valence-corrected chi connectivity index (χ1v) is 6.47. The Balaban J connectivity index is 2.48. The number of hydrogen-bond donors (Lipinski definition) is 2. The maximum Gasteiger partial charge on any atom is 0.270 e. The fraction of sp³-hybridized carbons (Fsp3) is 0.615. The summed E-state index contributed by atoms with van der Waals surface area (Å²) in [4.78, 5) is 20.0. The molecular formula is C13H22N4O2. The number of methoxy groups -OCH3 is 1. The van der Waals surface area contributed by atoms with Gasteiger partial charge in [0.15, 0.2) is 0 Å². The maximum atomic E-state index is 11.8. The van der Waals surface area contributed by atoms with E-state index in [1.165, 1.54) is 0 Å². The van der Waals surface area contributed by atoms with Crippen LogP contribution < -0.4 is 10.6 Å². The van der Waals surface area contributed by atoms with Crippen molar-refractivity contribution in [3.05, 3.63) is 18.0 Å². The van der Waals surface area contributed by atoms with Crippen molar-refractivity contribution in [2.45, 2.75) is 20.3 Å². The molecular weight excluding hydrogens is 244 g/mol. The van der Waals surface area contributed by atoms with E-state index in [0.717, 1.165) is 13.0 Å². The van der Waals surface area contributed by atoms with E-state index in [4.69, 9.17) is 4.74 Å². The predicted molar refractivity (Wildman–Crippen MR) is 74.2 cm³/mol. The summed E-state index contributed by atoms with van der Waals surface area (Å²) in [6, 6.07) is 1.59. The minimum absolute atomic E-state index is 0.216. The van der Waals surface area contributed by atoms with Crippen LogP contribution in [0, 0.1) is 5.92 Å². The fourth-order valence-corrected chi connectivity index (χ4v) is 1.40. The van der Waals surface area contributed by atoms with Gasteiger partial charge in [0, 0.05) is 26.4 Å². The van der Waals surface area contributed by atoms with Crippen LogP contribution in [0.5, 0.6) is 0 Å². The van der Waals surface area contributed by atoms with Gasteiger partial charge in [-0.3, -0.25) is 4.79 Å². The van der Waals surface area contributed by atoms with Gasteiger partial charge in [-0.15, -0.1) is 0 Å². The van der Waals surface area contributed by atoms with Gasteiger partial charge >= 0.3 is 0 Å². The van der Waals surface area contributed by atoms with Crippen LogP contribution >= 0.6 is 0 Å². The van der Waals surface area contributed by atoms with E-state index in [1.54, 1.807) is 19.4 Å². The highest BCUT2D eigenvalue weighted by atomic mass is 16.5. The summed E-state index contributed by atoms with van der Waals surface area (Å²) in [5.74, 6) is 0.888. The van der Waals surface area contributed by atoms with Crippen LogP contribution in [0.4, 0.5) is 5.95 Å². The molecule has 0 aromatic carbocycles. The zero-order valence-electron chi connectivity index (χ0n) is 11.8. The standard InChI is InChI=1S/C13H22N4O2/c1-10(2)4-6-15-13-16-7-5-11(17-13)12(18)14-8-9-19-3/h5,7,10H,4,6,8-9H2,1-3H3,(H,14,18)(H,15,16,17). The summed E-state index contributed by atoms with van der Waals surface area (Å²) in [5.41, 5.74) is 0.359. The Bertz CT molecular complexity index is 396. The summed E-state index contributed by atoms with van der Waals surface area (Å²) >= 11 is 0. The second-order valence-electron chi connectivity index (χ2n) is 4.62. The van der Waals surface area contributed by atoms with Crippen molar-refractivity contribution in [1.82, 2.24) is 15.3 Å². The zero-order valence-corrected chi connectivity index (χ0v) is 11.8. The summed E-state index contributed by atoms with van der Waals surface area (Å²) in [6.45, 7) is 6.06. The van der Waals surface area contributed by atoms with Gasteiger partial charge in [-0.1, -0.05) is 13.8 Å². The molecule has 0 atom stereocenters. The summed E-state index contributed by atoms with van der Waals surface area (Å²) in [6.07, 6.45) is 2.61. The molecule has 1 rings (SSSR count). The molecule has 6 heteroatoms. The van der Waals surface area contributed by atoms with E-state index < -0.39 is 0 Å². The summed E-state index contributed by atoms with van der Waals surface area (Å²) in [5, 5.41) is 5.83. The molecule has 0 saturated carbocycles. The van der Waals surface area contributed by atoms with E-state index in [0.29, 0.717) is 30.7 Å². The van der Waals surface area contributed by atoms with Crippen molar-refractivity contribution in [2.75, 3.05) is 32.1 Å². The molecule has 106 valence electrons. The van der Waals surface area contributed by atoms with E-state index in [1.807, 2.05) is 0 Å². The monoisotopic (exact) mass is 266 g/mol. The van der Waals surface area contributed by atoms with Crippen molar-refractivity contribution in [2.24, 2.45) is 5.92 Å². The maximum absolute atomic E-state index is 11.8. The molecule has 19 heavy (non-hydrogen) atoms. The average Bonchev–Trinajstić information content (AvgIpc) is 2.39. The normalized spacial score (nSPS) is 10.5. The zero-order chi connectivity index (χ0) is 14.1. The van der Waals surface area contributed by atoms with Crippen LogP contribution in [-0.4, -0.2) is 42.7 Å². The van der Waals surface area contributed by atoms with Crippen molar-refractivity contribution in [3.8, 4) is 0 Å². The Morgan fingerprint density at radius 1 is 1.42 bits per heavy atom. The molecule has 0 aliphatic rings. The third-order valence-corrected chi connectivity index (χ3v) is 2.48. The second-order valence-corrected chi connectivity index (χ2v) is 4.62. The molecule has 1 aromatic rings. The SMILES string of the molecule is COCCNC(=O)c1ccnc(NCCC(C)C)n1. The second kappa shape index (κ2) is 8.42. The van der Waals surface area contributed by atoms with Gasteiger partial charge in [0.2, 0.25) is 5.95 Å². The number of hydrogen-bond acceptors (Lipinski definition) is 5. The Hall–Kier alpha value is -1.69. The number of amides is 1. The van der Waals surface area contributed by atoms with Gasteiger partial charge in [0.1, 0.15) is 5.69 Å². The van der Waals surface area contributed by atoms with E-state index in [9.17, 15) is 4.79 Å². The number of nitrogens with one attached hydrogen (secondary N) is 2. The molecule has 0 fully saturated rings. The highest BCUT2D eigenvalue weighted by Gasteiger charge is 2.07. The fourth-order valence-electron chi connectivity index (χ4n) is 1.40. The van der Waals surface area contributed by atoms with Gasteiger partial charge in [0.25, 0.3) is 5.91 Å². The molecule has 2 N–H and O–H groups in total. The average molecular weight is 266 g/mol. The highest BCUT2D eigenvalue weighted by Crippen LogP contribution is 2.03. The van der Waals surface area contributed by atoms with Crippen molar-refractivity contribution in [3.63, 3.8) is 0 Å². The molecule has 0 aliphatic heterocycles. The Labute approximate surface area is 114 Å². The quantitative estimate of drug-likeness (QED) is 0.694. The van der Waals surface area contributed by atoms with Gasteiger partial charge in [0.05, 0.1) is 6.61 Å². The Morgan fingerprint density at radius 3 is 2.89 bits per heavy atom. The van der Waals surface area contributed by atoms with Crippen molar-refractivity contribution >= 4 is 11.9 Å². The van der Waals surface area contributed by atoms with Crippen LogP contribution in [0.2, 0.25) is 0 Å². The lowest BCUT2D eigenvalue weighted by Crippen LogP contribution is -2.28. The number of nitrogens with zero attached hydrogens (tertiary/aromatic N) is 2. The van der Waals surface area contributed by atoms with Gasteiger partial charge in [-0.2, -0.15) is 0 Å². The minimum Gasteiger partial charge on any atom is -0.383 e. The Morgan fingerprint density at radius 2 is 2.21 bits per heavy atom. The largest absolute Gasteiger partial charge is 0.383 e. The smallest absolute Gasteiger partial charge is 0.270 e. The van der Waals surface area contributed by atoms with Gasteiger partial charge in [-0.25, -0.2) is 9.97 Å². The highest BCUT2D eigenvalue weighted by molar-refractivity contribution is 5.92. The first-order valence-electron chi connectivity index (χ1n) is 6.47. The van der Waals surface area contributed by atoms with Crippen LogP contribution in [0.15, 0.2) is 12.3 Å². The number of ether oxygens (including phenoxy) is 1. The van der Waals surface area contributed by atoms with Crippen LogP contribution in [-0.2, 0) is 4.74 Å². The predicted octanol–water partition coefficient (Wildman–Crippen LogP) is 1.31. The third kappa shape index (κ3) is 6.15. The van der Waals surface area contributed by atoms with E-state index in [2.05, 4.69) is 34.4 Å². The molecule has 6 nitrogen and oxygen atoms in total. The van der Waals surface area contributed by atoms with Gasteiger partial charge < -0.3 is 15.4 Å².